The molecule has 0 spiro atoms. The molecule has 0 bridgehead atoms. The van der Waals surface area contributed by atoms with Crippen LogP contribution in [0.2, 0.25) is 0 Å². The predicted molar refractivity (Wildman–Crippen MR) is 66.3 cm³/mol. The van der Waals surface area contributed by atoms with Crippen LogP contribution in [0.25, 0.3) is 6.08 Å². The zero-order chi connectivity index (χ0) is 12.7. The Morgan fingerprint density at radius 1 is 1.28 bits per heavy atom. The summed E-state index contributed by atoms with van der Waals surface area (Å²) in [7, 11) is -4.40. The molecule has 2 rings (SSSR count). The zero-order valence-corrected chi connectivity index (χ0v) is 14.8. The molecule has 1 aliphatic rings. The van der Waals surface area contributed by atoms with Crippen molar-refractivity contribution in [1.29, 1.82) is 0 Å². The van der Waals surface area contributed by atoms with Crippen molar-refractivity contribution in [3.63, 3.8) is 0 Å². The Morgan fingerprint density at radius 2 is 1.89 bits per heavy atom. The van der Waals surface area contributed by atoms with Gasteiger partial charge in [0.25, 0.3) is 0 Å². The monoisotopic (exact) mass is 290 g/mol. The van der Waals surface area contributed by atoms with Crippen LogP contribution in [0.3, 0.4) is 0 Å². The van der Waals surface area contributed by atoms with Crippen LogP contribution in [0.4, 0.5) is 0 Å². The molecule has 1 aromatic carbocycles. The van der Waals surface area contributed by atoms with E-state index in [9.17, 15) is 13.0 Å². The summed E-state index contributed by atoms with van der Waals surface area (Å²) in [5.41, 5.74) is 1.46. The fraction of sp³-hybridized carbons (Fsp3) is 0.385. The Morgan fingerprint density at radius 3 is 2.44 bits per heavy atom. The van der Waals surface area contributed by atoms with Gasteiger partial charge in [-0.25, -0.2) is 8.42 Å². The van der Waals surface area contributed by atoms with Crippen molar-refractivity contribution in [3.8, 4) is 0 Å². The van der Waals surface area contributed by atoms with Crippen molar-refractivity contribution in [2.24, 2.45) is 5.92 Å². The van der Waals surface area contributed by atoms with Crippen molar-refractivity contribution >= 4 is 16.2 Å². The van der Waals surface area contributed by atoms with E-state index in [2.05, 4.69) is 0 Å². The molecule has 0 heterocycles. The van der Waals surface area contributed by atoms with Gasteiger partial charge in [0.05, 0.1) is 4.75 Å². The third-order valence-corrected chi connectivity index (χ3v) is 5.26. The van der Waals surface area contributed by atoms with Crippen molar-refractivity contribution in [1.82, 2.24) is 0 Å². The average molecular weight is 290 g/mol. The quantitative estimate of drug-likeness (QED) is 0.545. The normalized spacial score (nSPS) is 22.4. The van der Waals surface area contributed by atoms with Gasteiger partial charge in [-0.2, -0.15) is 0 Å². The number of fused-ring (bicyclic) bond motifs is 1. The second kappa shape index (κ2) is 5.87. The predicted octanol–water partition coefficient (Wildman–Crippen LogP) is -0.496. The van der Waals surface area contributed by atoms with E-state index in [4.69, 9.17) is 0 Å². The van der Waals surface area contributed by atoms with E-state index in [-0.39, 0.29) is 63.7 Å². The molecule has 0 aliphatic heterocycles. The van der Waals surface area contributed by atoms with E-state index in [0.717, 1.165) is 5.56 Å². The molecule has 1 atom stereocenters. The van der Waals surface area contributed by atoms with Crippen molar-refractivity contribution < 1.29 is 64.4 Å². The average Bonchev–Trinajstić information content (AvgIpc) is 2.26. The molecule has 3 nitrogen and oxygen atoms in total. The van der Waals surface area contributed by atoms with Gasteiger partial charge < -0.3 is 4.55 Å². The SMILES string of the molecule is CC(C)C1(S(=O)(=O)[O-])CC=Cc2ccccc21.[K+]. The smallest absolute Gasteiger partial charge is 0.747 e. The summed E-state index contributed by atoms with van der Waals surface area (Å²) < 4.78 is 33.8. The topological polar surface area (TPSA) is 57.2 Å². The molecule has 0 fully saturated rings. The van der Waals surface area contributed by atoms with Gasteiger partial charge in [-0.3, -0.25) is 0 Å². The molecule has 0 saturated carbocycles. The standard InChI is InChI=1S/C13H16O3S.K/c1-10(2)13(17(14,15)16)9-5-7-11-6-3-4-8-12(11)13;/h3-8,10H,9H2,1-2H3,(H,14,15,16);/q;+1/p-1. The molecule has 1 unspecified atom stereocenters. The van der Waals surface area contributed by atoms with Crippen LogP contribution in [-0.4, -0.2) is 13.0 Å². The first-order valence-corrected chi connectivity index (χ1v) is 7.02. The van der Waals surface area contributed by atoms with Crippen molar-refractivity contribution in [3.05, 3.63) is 41.5 Å². The van der Waals surface area contributed by atoms with Gasteiger partial charge in [0, 0.05) is 0 Å². The van der Waals surface area contributed by atoms with Gasteiger partial charge in [0.2, 0.25) is 0 Å². The molecule has 0 amide bonds. The van der Waals surface area contributed by atoms with Gasteiger partial charge in [-0.15, -0.1) is 0 Å². The summed E-state index contributed by atoms with van der Waals surface area (Å²) in [6.07, 6.45) is 3.91. The summed E-state index contributed by atoms with van der Waals surface area (Å²) in [5, 5.41) is 0. The van der Waals surface area contributed by atoms with E-state index >= 15 is 0 Å². The van der Waals surface area contributed by atoms with E-state index < -0.39 is 14.9 Å². The summed E-state index contributed by atoms with van der Waals surface area (Å²) >= 11 is 0. The number of benzene rings is 1. The molecule has 92 valence electrons. The maximum absolute atomic E-state index is 11.7. The first kappa shape index (κ1) is 16.6. The van der Waals surface area contributed by atoms with Crippen LogP contribution in [0.1, 0.15) is 31.4 Å². The summed E-state index contributed by atoms with van der Waals surface area (Å²) in [6.45, 7) is 3.57. The van der Waals surface area contributed by atoms with E-state index in [1.54, 1.807) is 32.1 Å². The minimum absolute atomic E-state index is 0. The molecule has 0 N–H and O–H groups in total. The molecule has 0 saturated heterocycles. The molecular formula is C13H15KO3S. The van der Waals surface area contributed by atoms with Gasteiger partial charge in [0.1, 0.15) is 10.1 Å². The van der Waals surface area contributed by atoms with Crippen LogP contribution in [-0.2, 0) is 14.9 Å². The minimum Gasteiger partial charge on any atom is -0.747 e. The fourth-order valence-electron chi connectivity index (χ4n) is 2.57. The second-order valence-electron chi connectivity index (χ2n) is 4.69. The first-order chi connectivity index (χ1) is 7.89. The third kappa shape index (κ3) is 2.54. The Balaban J connectivity index is 0.00000162. The first-order valence-electron chi connectivity index (χ1n) is 5.61. The third-order valence-electron chi connectivity index (χ3n) is 3.51. The molecule has 0 aromatic heterocycles. The second-order valence-corrected chi connectivity index (χ2v) is 6.33. The zero-order valence-electron chi connectivity index (χ0n) is 10.9. The van der Waals surface area contributed by atoms with Gasteiger partial charge in [0.15, 0.2) is 0 Å². The van der Waals surface area contributed by atoms with Crippen LogP contribution < -0.4 is 51.4 Å². The van der Waals surface area contributed by atoms with Gasteiger partial charge in [-0.1, -0.05) is 50.3 Å². The minimum atomic E-state index is -4.40. The number of allylic oxidation sites excluding steroid dienone is 1. The van der Waals surface area contributed by atoms with Crippen LogP contribution in [0.15, 0.2) is 30.3 Å². The molecule has 0 radical (unpaired) electrons. The van der Waals surface area contributed by atoms with E-state index in [1.807, 2.05) is 18.2 Å². The van der Waals surface area contributed by atoms with Crippen LogP contribution in [0.5, 0.6) is 0 Å². The largest absolute Gasteiger partial charge is 1.00 e. The summed E-state index contributed by atoms with van der Waals surface area (Å²) in [6, 6.07) is 7.21. The summed E-state index contributed by atoms with van der Waals surface area (Å²) in [4.78, 5) is 0. The maximum Gasteiger partial charge on any atom is 1.00 e. The molecule has 1 aromatic rings. The van der Waals surface area contributed by atoms with Crippen LogP contribution >= 0.6 is 0 Å². The number of hydrogen-bond donors (Lipinski definition) is 0. The van der Waals surface area contributed by atoms with Crippen molar-refractivity contribution in [2.75, 3.05) is 0 Å². The maximum atomic E-state index is 11.7. The molecule has 5 heteroatoms. The van der Waals surface area contributed by atoms with Crippen LogP contribution in [0, 0.1) is 5.92 Å². The van der Waals surface area contributed by atoms with Gasteiger partial charge >= 0.3 is 51.4 Å². The number of hydrogen-bond acceptors (Lipinski definition) is 3. The number of rotatable bonds is 2. The van der Waals surface area contributed by atoms with Crippen molar-refractivity contribution in [2.45, 2.75) is 25.0 Å². The molecule has 18 heavy (non-hydrogen) atoms. The summed E-state index contributed by atoms with van der Waals surface area (Å²) in [5.74, 6) is -0.254. The Bertz CT molecular complexity index is 563. The Hall–Kier alpha value is 0.506. The Kier molecular flexibility index (Phi) is 5.40. The Labute approximate surface area is 151 Å². The van der Waals surface area contributed by atoms with E-state index in [1.165, 1.54) is 0 Å². The van der Waals surface area contributed by atoms with Gasteiger partial charge in [-0.05, 0) is 23.5 Å². The molecular weight excluding hydrogens is 275 g/mol. The van der Waals surface area contributed by atoms with E-state index in [0.29, 0.717) is 5.56 Å². The fourth-order valence-corrected chi connectivity index (χ4v) is 3.90. The molecule has 1 aliphatic carbocycles.